The Balaban J connectivity index is 2.04. The molecular weight excluding hydrogens is 357 g/mol. The van der Waals surface area contributed by atoms with Crippen molar-refractivity contribution >= 4 is 23.2 Å². The van der Waals surface area contributed by atoms with Crippen LogP contribution in [0, 0.1) is 0 Å². The number of hydrogen-bond donors (Lipinski definition) is 1. The van der Waals surface area contributed by atoms with Crippen molar-refractivity contribution in [2.75, 3.05) is 5.32 Å². The molecule has 1 aromatic carbocycles. The highest BCUT2D eigenvalue weighted by Crippen LogP contribution is 2.34. The van der Waals surface area contributed by atoms with Gasteiger partial charge >= 0.3 is 6.18 Å². The number of benzene rings is 1. The van der Waals surface area contributed by atoms with Crippen molar-refractivity contribution in [3.05, 3.63) is 71.3 Å². The molecule has 0 aliphatic heterocycles. The Morgan fingerprint density at radius 1 is 1.16 bits per heavy atom. The first kappa shape index (κ1) is 17.0. The van der Waals surface area contributed by atoms with Crippen molar-refractivity contribution in [1.29, 1.82) is 0 Å². The second kappa shape index (κ2) is 6.56. The molecule has 0 radical (unpaired) electrons. The Labute approximate surface area is 145 Å². The average molecular weight is 367 g/mol. The molecule has 5 nitrogen and oxygen atoms in total. The Hall–Kier alpha value is -2.87. The molecule has 0 fully saturated rings. The van der Waals surface area contributed by atoms with E-state index in [-0.39, 0.29) is 16.4 Å². The van der Waals surface area contributed by atoms with Crippen molar-refractivity contribution in [3.8, 4) is 5.69 Å². The number of carbonyl (C=O) groups is 1. The van der Waals surface area contributed by atoms with Crippen LogP contribution in [0.2, 0.25) is 5.02 Å². The van der Waals surface area contributed by atoms with E-state index in [0.717, 1.165) is 6.20 Å². The molecule has 0 bridgehead atoms. The number of halogens is 4. The van der Waals surface area contributed by atoms with Gasteiger partial charge in [-0.2, -0.15) is 18.3 Å². The summed E-state index contributed by atoms with van der Waals surface area (Å²) in [5.41, 5.74) is -1.41. The number of amides is 1. The lowest BCUT2D eigenvalue weighted by Crippen LogP contribution is -2.20. The lowest BCUT2D eigenvalue weighted by atomic mass is 10.2. The van der Waals surface area contributed by atoms with Gasteiger partial charge in [0.25, 0.3) is 5.91 Å². The summed E-state index contributed by atoms with van der Waals surface area (Å²) >= 11 is 5.83. The Morgan fingerprint density at radius 2 is 1.96 bits per heavy atom. The number of anilines is 1. The summed E-state index contributed by atoms with van der Waals surface area (Å²) in [6.07, 6.45) is -1.11. The fourth-order valence-corrected chi connectivity index (χ4v) is 2.41. The molecule has 0 aliphatic rings. The van der Waals surface area contributed by atoms with Crippen molar-refractivity contribution < 1.29 is 18.0 Å². The van der Waals surface area contributed by atoms with Gasteiger partial charge < -0.3 is 5.32 Å². The van der Waals surface area contributed by atoms with Crippen LogP contribution in [-0.2, 0) is 6.18 Å². The molecule has 3 aromatic rings. The molecule has 0 atom stereocenters. The zero-order valence-electron chi connectivity index (χ0n) is 12.5. The normalized spacial score (nSPS) is 11.4. The SMILES string of the molecule is O=C(Nc1cccnc1)c1cnn(-c2cccc(Cl)c2)c1C(F)(F)F. The van der Waals surface area contributed by atoms with Crippen LogP contribution in [0.15, 0.2) is 55.0 Å². The third kappa shape index (κ3) is 3.63. The third-order valence-corrected chi connectivity index (χ3v) is 3.49. The number of pyridine rings is 1. The van der Waals surface area contributed by atoms with E-state index >= 15 is 0 Å². The number of alkyl halides is 3. The molecule has 3 rings (SSSR count). The second-order valence-corrected chi connectivity index (χ2v) is 5.43. The fourth-order valence-electron chi connectivity index (χ4n) is 2.23. The third-order valence-electron chi connectivity index (χ3n) is 3.25. The smallest absolute Gasteiger partial charge is 0.320 e. The van der Waals surface area contributed by atoms with Crippen LogP contribution in [0.25, 0.3) is 5.69 Å². The fraction of sp³-hybridized carbons (Fsp3) is 0.0625. The van der Waals surface area contributed by atoms with E-state index in [1.807, 2.05) is 0 Å². The summed E-state index contributed by atoms with van der Waals surface area (Å²) in [5.74, 6) is -0.936. The minimum Gasteiger partial charge on any atom is -0.320 e. The summed E-state index contributed by atoms with van der Waals surface area (Å²) in [6, 6.07) is 8.82. The molecule has 0 unspecified atom stereocenters. The molecule has 25 heavy (non-hydrogen) atoms. The summed E-state index contributed by atoms with van der Waals surface area (Å²) in [6.45, 7) is 0. The topological polar surface area (TPSA) is 59.8 Å². The van der Waals surface area contributed by atoms with E-state index in [2.05, 4.69) is 15.4 Å². The lowest BCUT2D eigenvalue weighted by molar-refractivity contribution is -0.143. The maximum atomic E-state index is 13.5. The molecule has 2 aromatic heterocycles. The van der Waals surface area contributed by atoms with Crippen LogP contribution < -0.4 is 5.32 Å². The number of rotatable bonds is 3. The van der Waals surface area contributed by atoms with E-state index in [1.54, 1.807) is 6.07 Å². The van der Waals surface area contributed by atoms with Crippen molar-refractivity contribution in [1.82, 2.24) is 14.8 Å². The zero-order valence-corrected chi connectivity index (χ0v) is 13.2. The van der Waals surface area contributed by atoms with Gasteiger partial charge in [0.1, 0.15) is 0 Å². The van der Waals surface area contributed by atoms with Gasteiger partial charge in [0.05, 0.1) is 29.3 Å². The molecule has 1 amide bonds. The molecule has 1 N–H and O–H groups in total. The van der Waals surface area contributed by atoms with Crippen LogP contribution in [0.4, 0.5) is 18.9 Å². The number of nitrogens with zero attached hydrogens (tertiary/aromatic N) is 3. The minimum atomic E-state index is -4.79. The minimum absolute atomic E-state index is 0.0975. The average Bonchev–Trinajstić information content (AvgIpc) is 3.01. The molecule has 0 aliphatic carbocycles. The van der Waals surface area contributed by atoms with Crippen molar-refractivity contribution in [3.63, 3.8) is 0 Å². The van der Waals surface area contributed by atoms with E-state index in [0.29, 0.717) is 4.68 Å². The van der Waals surface area contributed by atoms with Gasteiger partial charge in [-0.05, 0) is 30.3 Å². The van der Waals surface area contributed by atoms with E-state index in [4.69, 9.17) is 11.6 Å². The maximum Gasteiger partial charge on any atom is 0.434 e. The van der Waals surface area contributed by atoms with Gasteiger partial charge in [0.2, 0.25) is 0 Å². The first-order chi connectivity index (χ1) is 11.9. The quantitative estimate of drug-likeness (QED) is 0.756. The van der Waals surface area contributed by atoms with Crippen LogP contribution in [0.5, 0.6) is 0 Å². The Bertz CT molecular complexity index is 909. The predicted molar refractivity (Wildman–Crippen MR) is 85.8 cm³/mol. The first-order valence-electron chi connectivity index (χ1n) is 6.99. The van der Waals surface area contributed by atoms with Gasteiger partial charge in [0, 0.05) is 11.2 Å². The standard InChI is InChI=1S/C16H10ClF3N4O/c17-10-3-1-5-12(7-10)24-14(16(18,19)20)13(9-22-24)15(25)23-11-4-2-6-21-8-11/h1-9H,(H,23,25). The first-order valence-corrected chi connectivity index (χ1v) is 7.36. The van der Waals surface area contributed by atoms with Crippen molar-refractivity contribution in [2.24, 2.45) is 0 Å². The summed E-state index contributed by atoms with van der Waals surface area (Å²) in [7, 11) is 0. The maximum absolute atomic E-state index is 13.5. The lowest BCUT2D eigenvalue weighted by Gasteiger charge is -2.13. The number of hydrogen-bond acceptors (Lipinski definition) is 3. The van der Waals surface area contributed by atoms with Crippen LogP contribution in [0.3, 0.4) is 0 Å². The molecular formula is C16H10ClF3N4O. The zero-order chi connectivity index (χ0) is 18.0. The Morgan fingerprint density at radius 3 is 2.60 bits per heavy atom. The van der Waals surface area contributed by atoms with Crippen molar-refractivity contribution in [2.45, 2.75) is 6.18 Å². The number of nitrogens with one attached hydrogen (secondary N) is 1. The highest BCUT2D eigenvalue weighted by molar-refractivity contribution is 6.30. The van der Waals surface area contributed by atoms with E-state index in [1.165, 1.54) is 42.7 Å². The summed E-state index contributed by atoms with van der Waals surface area (Å²) in [4.78, 5) is 16.1. The molecule has 9 heteroatoms. The highest BCUT2D eigenvalue weighted by atomic mass is 35.5. The molecule has 0 saturated carbocycles. The summed E-state index contributed by atoms with van der Waals surface area (Å²) < 4.78 is 41.3. The van der Waals surface area contributed by atoms with Crippen LogP contribution >= 0.6 is 11.6 Å². The summed E-state index contributed by atoms with van der Waals surface area (Å²) in [5, 5.41) is 6.34. The van der Waals surface area contributed by atoms with Crippen LogP contribution in [-0.4, -0.2) is 20.7 Å². The predicted octanol–water partition coefficient (Wildman–Crippen LogP) is 4.19. The van der Waals surface area contributed by atoms with Gasteiger partial charge in [-0.3, -0.25) is 9.78 Å². The highest BCUT2D eigenvalue weighted by Gasteiger charge is 2.40. The molecule has 2 heterocycles. The monoisotopic (exact) mass is 366 g/mol. The second-order valence-electron chi connectivity index (χ2n) is 4.99. The van der Waals surface area contributed by atoms with Gasteiger partial charge in [-0.15, -0.1) is 0 Å². The number of carbonyl (C=O) groups excluding carboxylic acids is 1. The van der Waals surface area contributed by atoms with Gasteiger partial charge in [-0.1, -0.05) is 17.7 Å². The number of aromatic nitrogens is 3. The van der Waals surface area contributed by atoms with E-state index < -0.39 is 23.3 Å². The Kier molecular flexibility index (Phi) is 4.45. The van der Waals surface area contributed by atoms with Gasteiger partial charge in [0.15, 0.2) is 5.69 Å². The van der Waals surface area contributed by atoms with Crippen LogP contribution in [0.1, 0.15) is 16.1 Å². The molecule has 0 saturated heterocycles. The van der Waals surface area contributed by atoms with Gasteiger partial charge in [-0.25, -0.2) is 4.68 Å². The molecule has 128 valence electrons. The van der Waals surface area contributed by atoms with E-state index in [9.17, 15) is 18.0 Å². The molecule has 0 spiro atoms. The largest absolute Gasteiger partial charge is 0.434 e.